The number of nitrogens with one attached hydrogen (secondary N) is 1. The number of nitrogens with zero attached hydrogens (tertiary/aromatic N) is 2. The molecule has 0 bridgehead atoms. The van der Waals surface area contributed by atoms with Crippen molar-refractivity contribution in [2.24, 2.45) is 5.92 Å². The standard InChI is InChI=1S/C21H25N3O3/c25-20-13-17(14-24(20)18-5-2-1-3-6-18)22-21(26)16-8-10-23(11-9-16)15-19-7-4-12-27-19/h1-7,12,16-17H,8-11,13-15H2,(H,22,26)/t17-/m0/s1. The lowest BCUT2D eigenvalue weighted by Gasteiger charge is -2.31. The lowest BCUT2D eigenvalue weighted by Crippen LogP contribution is -2.44. The van der Waals surface area contributed by atoms with Gasteiger partial charge in [-0.3, -0.25) is 14.5 Å². The first-order valence-electron chi connectivity index (χ1n) is 9.59. The van der Waals surface area contributed by atoms with Crippen molar-refractivity contribution in [1.29, 1.82) is 0 Å². The summed E-state index contributed by atoms with van der Waals surface area (Å²) in [7, 11) is 0. The molecular formula is C21H25N3O3. The molecule has 2 aliphatic rings. The van der Waals surface area contributed by atoms with Crippen LogP contribution in [0.5, 0.6) is 0 Å². The van der Waals surface area contributed by atoms with Crippen LogP contribution in [0.3, 0.4) is 0 Å². The third kappa shape index (κ3) is 4.22. The number of furan rings is 1. The lowest BCUT2D eigenvalue weighted by molar-refractivity contribution is -0.127. The Balaban J connectivity index is 1.26. The van der Waals surface area contributed by atoms with Crippen LogP contribution in [0.15, 0.2) is 53.1 Å². The average molecular weight is 367 g/mol. The summed E-state index contributed by atoms with van der Waals surface area (Å²) in [5.74, 6) is 1.14. The number of carbonyl (C=O) groups is 2. The van der Waals surface area contributed by atoms with Gasteiger partial charge >= 0.3 is 0 Å². The number of amides is 2. The monoisotopic (exact) mass is 367 g/mol. The van der Waals surface area contributed by atoms with Crippen LogP contribution >= 0.6 is 0 Å². The van der Waals surface area contributed by atoms with Gasteiger partial charge in [-0.15, -0.1) is 0 Å². The maximum Gasteiger partial charge on any atom is 0.229 e. The normalized spacial score (nSPS) is 21.6. The van der Waals surface area contributed by atoms with Crippen molar-refractivity contribution in [3.05, 3.63) is 54.5 Å². The van der Waals surface area contributed by atoms with Gasteiger partial charge in [0.2, 0.25) is 11.8 Å². The van der Waals surface area contributed by atoms with Crippen molar-refractivity contribution >= 4 is 17.5 Å². The van der Waals surface area contributed by atoms with E-state index >= 15 is 0 Å². The summed E-state index contributed by atoms with van der Waals surface area (Å²) in [5.41, 5.74) is 0.894. The highest BCUT2D eigenvalue weighted by Gasteiger charge is 2.33. The maximum absolute atomic E-state index is 12.6. The number of rotatable bonds is 5. The summed E-state index contributed by atoms with van der Waals surface area (Å²) >= 11 is 0. The van der Waals surface area contributed by atoms with Gasteiger partial charge in [-0.2, -0.15) is 0 Å². The number of para-hydroxylation sites is 1. The molecule has 0 unspecified atom stereocenters. The topological polar surface area (TPSA) is 65.8 Å². The van der Waals surface area contributed by atoms with E-state index in [1.54, 1.807) is 11.2 Å². The van der Waals surface area contributed by atoms with Crippen molar-refractivity contribution in [3.63, 3.8) is 0 Å². The van der Waals surface area contributed by atoms with Gasteiger partial charge in [0, 0.05) is 24.6 Å². The second kappa shape index (κ2) is 7.96. The van der Waals surface area contributed by atoms with E-state index in [9.17, 15) is 9.59 Å². The largest absolute Gasteiger partial charge is 0.468 e. The van der Waals surface area contributed by atoms with Gasteiger partial charge in [0.1, 0.15) is 5.76 Å². The Labute approximate surface area is 159 Å². The molecule has 1 aromatic heterocycles. The molecule has 1 aromatic carbocycles. The third-order valence-corrected chi connectivity index (χ3v) is 5.46. The first kappa shape index (κ1) is 17.8. The maximum atomic E-state index is 12.6. The summed E-state index contributed by atoms with van der Waals surface area (Å²) in [5, 5.41) is 3.10. The Bertz CT molecular complexity index is 767. The summed E-state index contributed by atoms with van der Waals surface area (Å²) < 4.78 is 5.40. The summed E-state index contributed by atoms with van der Waals surface area (Å²) in [6.45, 7) is 3.12. The van der Waals surface area contributed by atoms with Gasteiger partial charge in [0.15, 0.2) is 0 Å². The van der Waals surface area contributed by atoms with Crippen LogP contribution in [-0.2, 0) is 16.1 Å². The zero-order valence-corrected chi connectivity index (χ0v) is 15.3. The Hall–Kier alpha value is -2.60. The minimum atomic E-state index is -0.105. The number of carbonyl (C=O) groups excluding carboxylic acids is 2. The highest BCUT2D eigenvalue weighted by molar-refractivity contribution is 5.96. The molecule has 6 heteroatoms. The van der Waals surface area contributed by atoms with E-state index in [2.05, 4.69) is 10.2 Å². The minimum Gasteiger partial charge on any atom is -0.468 e. The van der Waals surface area contributed by atoms with Crippen molar-refractivity contribution in [2.75, 3.05) is 24.5 Å². The summed E-state index contributed by atoms with van der Waals surface area (Å²) in [4.78, 5) is 29.0. The molecule has 2 fully saturated rings. The van der Waals surface area contributed by atoms with E-state index in [0.717, 1.165) is 43.9 Å². The molecule has 2 aliphatic heterocycles. The van der Waals surface area contributed by atoms with Gasteiger partial charge in [-0.1, -0.05) is 18.2 Å². The van der Waals surface area contributed by atoms with Gasteiger partial charge in [0.25, 0.3) is 0 Å². The quantitative estimate of drug-likeness (QED) is 0.881. The van der Waals surface area contributed by atoms with Crippen molar-refractivity contribution in [2.45, 2.75) is 31.8 Å². The Kier molecular flexibility index (Phi) is 5.25. The second-order valence-electron chi connectivity index (χ2n) is 7.38. The number of piperidine rings is 1. The molecular weight excluding hydrogens is 342 g/mol. The molecule has 3 heterocycles. The van der Waals surface area contributed by atoms with Crippen LogP contribution < -0.4 is 10.2 Å². The molecule has 0 saturated carbocycles. The first-order valence-corrected chi connectivity index (χ1v) is 9.59. The molecule has 27 heavy (non-hydrogen) atoms. The number of hydrogen-bond donors (Lipinski definition) is 1. The molecule has 6 nitrogen and oxygen atoms in total. The smallest absolute Gasteiger partial charge is 0.229 e. The van der Waals surface area contributed by atoms with E-state index in [1.165, 1.54) is 0 Å². The van der Waals surface area contributed by atoms with E-state index < -0.39 is 0 Å². The third-order valence-electron chi connectivity index (χ3n) is 5.46. The van der Waals surface area contributed by atoms with Crippen LogP contribution in [0, 0.1) is 5.92 Å². The molecule has 2 saturated heterocycles. The molecule has 4 rings (SSSR count). The SMILES string of the molecule is O=C(N[C@H]1CC(=O)N(c2ccccc2)C1)C1CCN(Cc2ccco2)CC1. The fourth-order valence-corrected chi connectivity index (χ4v) is 3.96. The fourth-order valence-electron chi connectivity index (χ4n) is 3.96. The van der Waals surface area contributed by atoms with Gasteiger partial charge in [-0.25, -0.2) is 0 Å². The summed E-state index contributed by atoms with van der Waals surface area (Å²) in [6.07, 6.45) is 3.75. The molecule has 1 N–H and O–H groups in total. The van der Waals surface area contributed by atoms with Crippen molar-refractivity contribution in [1.82, 2.24) is 10.2 Å². The Morgan fingerprint density at radius 3 is 2.59 bits per heavy atom. The number of benzene rings is 1. The molecule has 142 valence electrons. The van der Waals surface area contributed by atoms with E-state index in [-0.39, 0.29) is 23.8 Å². The molecule has 2 aromatic rings. The molecule has 0 spiro atoms. The van der Waals surface area contributed by atoms with E-state index in [1.807, 2.05) is 42.5 Å². The zero-order chi connectivity index (χ0) is 18.6. The summed E-state index contributed by atoms with van der Waals surface area (Å²) in [6, 6.07) is 13.4. The Morgan fingerprint density at radius 2 is 1.89 bits per heavy atom. The number of likely N-dealkylation sites (tertiary alicyclic amines) is 1. The van der Waals surface area contributed by atoms with Crippen LogP contribution in [0.2, 0.25) is 0 Å². The first-order chi connectivity index (χ1) is 13.2. The molecule has 2 amide bonds. The minimum absolute atomic E-state index is 0.0266. The number of hydrogen-bond acceptors (Lipinski definition) is 4. The zero-order valence-electron chi connectivity index (χ0n) is 15.3. The van der Waals surface area contributed by atoms with E-state index in [4.69, 9.17) is 4.42 Å². The fraction of sp³-hybridized carbons (Fsp3) is 0.429. The van der Waals surface area contributed by atoms with Gasteiger partial charge in [-0.05, 0) is 50.2 Å². The molecule has 0 aliphatic carbocycles. The Morgan fingerprint density at radius 1 is 1.11 bits per heavy atom. The average Bonchev–Trinajstić information content (AvgIpc) is 3.32. The predicted octanol–water partition coefficient (Wildman–Crippen LogP) is 2.41. The van der Waals surface area contributed by atoms with E-state index in [0.29, 0.717) is 13.0 Å². The van der Waals surface area contributed by atoms with Crippen molar-refractivity contribution < 1.29 is 14.0 Å². The lowest BCUT2D eigenvalue weighted by atomic mass is 9.95. The highest BCUT2D eigenvalue weighted by atomic mass is 16.3. The van der Waals surface area contributed by atoms with Crippen LogP contribution in [0.4, 0.5) is 5.69 Å². The highest BCUT2D eigenvalue weighted by Crippen LogP contribution is 2.23. The predicted molar refractivity (Wildman–Crippen MR) is 102 cm³/mol. The van der Waals surface area contributed by atoms with Crippen LogP contribution in [0.25, 0.3) is 0 Å². The molecule has 1 atom stereocenters. The van der Waals surface area contributed by atoms with Crippen LogP contribution in [-0.4, -0.2) is 42.4 Å². The van der Waals surface area contributed by atoms with Gasteiger partial charge in [0.05, 0.1) is 18.8 Å². The molecule has 0 radical (unpaired) electrons. The van der Waals surface area contributed by atoms with Gasteiger partial charge < -0.3 is 14.6 Å². The van der Waals surface area contributed by atoms with Crippen LogP contribution in [0.1, 0.15) is 25.0 Å². The number of anilines is 1. The second-order valence-corrected chi connectivity index (χ2v) is 7.38. The van der Waals surface area contributed by atoms with Crippen molar-refractivity contribution in [3.8, 4) is 0 Å².